The van der Waals surface area contributed by atoms with E-state index in [9.17, 15) is 18.0 Å². The Morgan fingerprint density at radius 3 is 2.39 bits per heavy atom. The molecule has 0 radical (unpaired) electrons. The number of carboxylic acids is 1. The van der Waals surface area contributed by atoms with Gasteiger partial charge in [-0.2, -0.15) is 4.31 Å². The van der Waals surface area contributed by atoms with Crippen molar-refractivity contribution in [1.29, 1.82) is 0 Å². The fraction of sp³-hybridized carbons (Fsp3) is 0.800. The Kier molecular flexibility index (Phi) is 4.69. The summed E-state index contributed by atoms with van der Waals surface area (Å²) in [4.78, 5) is 22.5. The molecular formula is C10H18N2O5S. The smallest absolute Gasteiger partial charge is 0.326 e. The summed E-state index contributed by atoms with van der Waals surface area (Å²) < 4.78 is 24.0. The third-order valence-corrected chi connectivity index (χ3v) is 4.68. The Morgan fingerprint density at radius 2 is 2.00 bits per heavy atom. The molecule has 1 aliphatic heterocycles. The normalized spacial score (nSPS) is 20.8. The highest BCUT2D eigenvalue weighted by molar-refractivity contribution is 7.89. The van der Waals surface area contributed by atoms with E-state index in [1.54, 1.807) is 13.8 Å². The molecule has 1 atom stereocenters. The van der Waals surface area contributed by atoms with Gasteiger partial charge in [-0.05, 0) is 12.3 Å². The van der Waals surface area contributed by atoms with Crippen molar-refractivity contribution in [2.45, 2.75) is 26.3 Å². The maximum atomic E-state index is 11.6. The fourth-order valence-electron chi connectivity index (χ4n) is 1.76. The van der Waals surface area contributed by atoms with Crippen molar-refractivity contribution in [3.05, 3.63) is 0 Å². The minimum atomic E-state index is -3.33. The van der Waals surface area contributed by atoms with Crippen LogP contribution >= 0.6 is 0 Å². The highest BCUT2D eigenvalue weighted by Gasteiger charge is 2.31. The maximum absolute atomic E-state index is 11.6. The molecule has 0 aromatic heterocycles. The predicted octanol–water partition coefficient (Wildman–Crippen LogP) is -0.753. The van der Waals surface area contributed by atoms with Gasteiger partial charge in [0, 0.05) is 6.54 Å². The van der Waals surface area contributed by atoms with Crippen LogP contribution in [-0.4, -0.2) is 54.6 Å². The molecule has 8 heteroatoms. The molecule has 2 N–H and O–H groups in total. The highest BCUT2D eigenvalue weighted by atomic mass is 32.2. The van der Waals surface area contributed by atoms with Crippen LogP contribution in [0.25, 0.3) is 0 Å². The zero-order chi connectivity index (χ0) is 13.9. The first-order chi connectivity index (χ1) is 8.24. The molecule has 1 heterocycles. The van der Waals surface area contributed by atoms with Crippen LogP contribution in [0.3, 0.4) is 0 Å². The molecule has 0 spiro atoms. The van der Waals surface area contributed by atoms with Gasteiger partial charge in [-0.25, -0.2) is 13.2 Å². The first kappa shape index (κ1) is 14.9. The van der Waals surface area contributed by atoms with E-state index < -0.39 is 27.9 Å². The van der Waals surface area contributed by atoms with E-state index in [0.717, 1.165) is 4.31 Å². The maximum Gasteiger partial charge on any atom is 0.326 e. The molecule has 1 unspecified atom stereocenters. The lowest BCUT2D eigenvalue weighted by atomic mass is 10.1. The van der Waals surface area contributed by atoms with Gasteiger partial charge in [0.2, 0.25) is 15.9 Å². The Morgan fingerprint density at radius 1 is 1.39 bits per heavy atom. The number of carboxylic acid groups (broad SMARTS) is 1. The van der Waals surface area contributed by atoms with E-state index in [1.165, 1.54) is 0 Å². The summed E-state index contributed by atoms with van der Waals surface area (Å²) in [6, 6.07) is -0.997. The third-order valence-electron chi connectivity index (χ3n) is 2.77. The van der Waals surface area contributed by atoms with Crippen molar-refractivity contribution in [3.8, 4) is 0 Å². The van der Waals surface area contributed by atoms with Gasteiger partial charge in [0.05, 0.1) is 12.3 Å². The van der Waals surface area contributed by atoms with Crippen LogP contribution in [-0.2, 0) is 19.6 Å². The van der Waals surface area contributed by atoms with E-state index in [-0.39, 0.29) is 18.2 Å². The fourth-order valence-corrected chi connectivity index (χ4v) is 3.24. The summed E-state index contributed by atoms with van der Waals surface area (Å²) in [5.74, 6) is -1.92. The van der Waals surface area contributed by atoms with Crippen molar-refractivity contribution < 1.29 is 23.1 Å². The van der Waals surface area contributed by atoms with Gasteiger partial charge in [0.1, 0.15) is 6.04 Å². The van der Waals surface area contributed by atoms with Gasteiger partial charge in [-0.1, -0.05) is 13.8 Å². The average molecular weight is 278 g/mol. The molecule has 0 bridgehead atoms. The molecule has 1 aliphatic rings. The number of nitrogens with one attached hydrogen (secondary N) is 1. The number of sulfonamides is 1. The van der Waals surface area contributed by atoms with Crippen molar-refractivity contribution in [2.24, 2.45) is 5.92 Å². The van der Waals surface area contributed by atoms with E-state index in [2.05, 4.69) is 5.32 Å². The van der Waals surface area contributed by atoms with Crippen LogP contribution in [0.4, 0.5) is 0 Å². The van der Waals surface area contributed by atoms with E-state index in [0.29, 0.717) is 13.0 Å². The molecule has 1 saturated heterocycles. The Labute approximate surface area is 106 Å². The van der Waals surface area contributed by atoms with Gasteiger partial charge in [0.25, 0.3) is 0 Å². The molecule has 0 saturated carbocycles. The van der Waals surface area contributed by atoms with E-state index in [1.807, 2.05) is 0 Å². The molecule has 7 nitrogen and oxygen atoms in total. The monoisotopic (exact) mass is 278 g/mol. The van der Waals surface area contributed by atoms with Gasteiger partial charge in [-0.3, -0.25) is 4.79 Å². The Hall–Kier alpha value is -1.15. The van der Waals surface area contributed by atoms with Crippen LogP contribution < -0.4 is 5.32 Å². The summed E-state index contributed by atoms with van der Waals surface area (Å²) in [6.45, 7) is 3.35. The molecular weight excluding hydrogens is 260 g/mol. The molecule has 1 fully saturated rings. The molecule has 0 aromatic carbocycles. The number of carbonyl (C=O) groups is 2. The zero-order valence-electron chi connectivity index (χ0n) is 10.4. The summed E-state index contributed by atoms with van der Waals surface area (Å²) >= 11 is 0. The number of aliphatic carboxylic acids is 1. The summed E-state index contributed by atoms with van der Waals surface area (Å²) in [5.41, 5.74) is 0. The standard InChI is InChI=1S/C10H18N2O5S/c1-7(2)9(10(14)15)11-8(13)6-12-4-3-5-18(12,16)17/h7,9H,3-6H2,1-2H3,(H,11,13)(H,14,15). The SMILES string of the molecule is CC(C)C(NC(=O)CN1CCCS1(=O)=O)C(=O)O. The van der Waals surface area contributed by atoms with Crippen LogP contribution in [0, 0.1) is 5.92 Å². The number of hydrogen-bond donors (Lipinski definition) is 2. The summed E-state index contributed by atoms with van der Waals surface area (Å²) in [6.07, 6.45) is 0.502. The minimum Gasteiger partial charge on any atom is -0.480 e. The second-order valence-corrected chi connectivity index (χ2v) is 6.72. The first-order valence-electron chi connectivity index (χ1n) is 5.74. The Bertz CT molecular complexity index is 432. The number of hydrogen-bond acceptors (Lipinski definition) is 4. The van der Waals surface area contributed by atoms with Crippen LogP contribution in [0.15, 0.2) is 0 Å². The molecule has 0 aliphatic carbocycles. The predicted molar refractivity (Wildman–Crippen MR) is 64.4 cm³/mol. The van der Waals surface area contributed by atoms with E-state index in [4.69, 9.17) is 5.11 Å². The van der Waals surface area contributed by atoms with Crippen molar-refractivity contribution in [2.75, 3.05) is 18.8 Å². The summed E-state index contributed by atoms with van der Waals surface area (Å²) in [7, 11) is -3.33. The lowest BCUT2D eigenvalue weighted by Gasteiger charge is -2.20. The average Bonchev–Trinajstić information content (AvgIpc) is 2.54. The highest BCUT2D eigenvalue weighted by Crippen LogP contribution is 2.12. The van der Waals surface area contributed by atoms with Gasteiger partial charge in [0.15, 0.2) is 0 Å². The van der Waals surface area contributed by atoms with E-state index >= 15 is 0 Å². The largest absolute Gasteiger partial charge is 0.480 e. The summed E-state index contributed by atoms with van der Waals surface area (Å²) in [5, 5.41) is 11.2. The zero-order valence-corrected chi connectivity index (χ0v) is 11.2. The van der Waals surface area contributed by atoms with Crippen LogP contribution in [0.5, 0.6) is 0 Å². The molecule has 104 valence electrons. The quantitative estimate of drug-likeness (QED) is 0.688. The number of rotatable bonds is 5. The lowest BCUT2D eigenvalue weighted by molar-refractivity contribution is -0.143. The van der Waals surface area contributed by atoms with Gasteiger partial charge < -0.3 is 10.4 Å². The molecule has 1 rings (SSSR count). The first-order valence-corrected chi connectivity index (χ1v) is 7.35. The second-order valence-electron chi connectivity index (χ2n) is 4.63. The van der Waals surface area contributed by atoms with Crippen LogP contribution in [0.2, 0.25) is 0 Å². The Balaban J connectivity index is 2.59. The minimum absolute atomic E-state index is 0.0484. The topological polar surface area (TPSA) is 104 Å². The second kappa shape index (κ2) is 5.66. The lowest BCUT2D eigenvalue weighted by Crippen LogP contribution is -2.48. The number of amides is 1. The number of carbonyl (C=O) groups excluding carboxylic acids is 1. The van der Waals surface area contributed by atoms with Crippen molar-refractivity contribution in [1.82, 2.24) is 9.62 Å². The van der Waals surface area contributed by atoms with Crippen LogP contribution in [0.1, 0.15) is 20.3 Å². The van der Waals surface area contributed by atoms with Gasteiger partial charge >= 0.3 is 5.97 Å². The van der Waals surface area contributed by atoms with Crippen molar-refractivity contribution in [3.63, 3.8) is 0 Å². The van der Waals surface area contributed by atoms with Gasteiger partial charge in [-0.15, -0.1) is 0 Å². The molecule has 1 amide bonds. The third kappa shape index (κ3) is 3.67. The molecule has 18 heavy (non-hydrogen) atoms. The van der Waals surface area contributed by atoms with Crippen molar-refractivity contribution >= 4 is 21.9 Å². The number of nitrogens with zero attached hydrogens (tertiary/aromatic N) is 1. The molecule has 0 aromatic rings.